The lowest BCUT2D eigenvalue weighted by Crippen LogP contribution is -2.04. The molecule has 0 bridgehead atoms. The van der Waals surface area contributed by atoms with Gasteiger partial charge in [-0.1, -0.05) is 29.3 Å². The highest BCUT2D eigenvalue weighted by Crippen LogP contribution is 2.31. The van der Waals surface area contributed by atoms with Crippen molar-refractivity contribution in [2.45, 2.75) is 6.92 Å². The van der Waals surface area contributed by atoms with E-state index in [4.69, 9.17) is 23.2 Å². The summed E-state index contributed by atoms with van der Waals surface area (Å²) >= 11 is 15.6. The van der Waals surface area contributed by atoms with Crippen LogP contribution in [-0.2, 0) is 0 Å². The van der Waals surface area contributed by atoms with Gasteiger partial charge in [-0.3, -0.25) is 4.79 Å². The molecule has 2 aromatic rings. The predicted molar refractivity (Wildman–Crippen MR) is 73.5 cm³/mol. The number of halogens is 3. The number of para-hydroxylation sites is 1. The molecule has 88 valence electrons. The number of hydrogen-bond acceptors (Lipinski definition) is 1. The zero-order valence-electron chi connectivity index (χ0n) is 8.88. The molecule has 5 heteroatoms. The van der Waals surface area contributed by atoms with Crippen LogP contribution >= 0.6 is 39.1 Å². The summed E-state index contributed by atoms with van der Waals surface area (Å²) in [5.41, 5.74) is 1.15. The first kappa shape index (κ1) is 12.7. The summed E-state index contributed by atoms with van der Waals surface area (Å²) in [5, 5.41) is 1.01. The van der Waals surface area contributed by atoms with Crippen LogP contribution in [0.2, 0.25) is 10.0 Å². The Morgan fingerprint density at radius 1 is 1.29 bits per heavy atom. The van der Waals surface area contributed by atoms with E-state index in [0.29, 0.717) is 21.4 Å². The molecule has 1 aromatic heterocycles. The Bertz CT molecular complexity index is 572. The maximum absolute atomic E-state index is 11.5. The molecule has 17 heavy (non-hydrogen) atoms. The zero-order chi connectivity index (χ0) is 12.6. The van der Waals surface area contributed by atoms with E-state index in [1.807, 2.05) is 0 Å². The molecule has 0 amide bonds. The van der Waals surface area contributed by atoms with Crippen LogP contribution in [0.3, 0.4) is 0 Å². The molecule has 1 heterocycles. The van der Waals surface area contributed by atoms with Crippen LogP contribution < -0.4 is 0 Å². The summed E-state index contributed by atoms with van der Waals surface area (Å²) in [6, 6.07) is 6.98. The van der Waals surface area contributed by atoms with E-state index in [1.54, 1.807) is 35.0 Å². The first-order valence-corrected chi connectivity index (χ1v) is 6.39. The molecule has 0 saturated heterocycles. The maximum Gasteiger partial charge on any atom is 0.176 e. The van der Waals surface area contributed by atoms with Crippen LogP contribution in [0.1, 0.15) is 17.4 Å². The molecular formula is C12H8BrCl2NO. The number of carbonyl (C=O) groups is 1. The predicted octanol–water partition coefficient (Wildman–Crippen LogP) is 4.75. The van der Waals surface area contributed by atoms with Gasteiger partial charge in [-0.25, -0.2) is 0 Å². The van der Waals surface area contributed by atoms with Crippen LogP contribution in [-0.4, -0.2) is 10.4 Å². The van der Waals surface area contributed by atoms with Crippen LogP contribution in [0.4, 0.5) is 0 Å². The van der Waals surface area contributed by atoms with Gasteiger partial charge in [0.2, 0.25) is 0 Å². The van der Waals surface area contributed by atoms with Crippen molar-refractivity contribution >= 4 is 44.9 Å². The lowest BCUT2D eigenvalue weighted by Gasteiger charge is -2.10. The lowest BCUT2D eigenvalue weighted by molar-refractivity contribution is 0.101. The van der Waals surface area contributed by atoms with Gasteiger partial charge in [0, 0.05) is 17.6 Å². The fraction of sp³-hybridized carbons (Fsp3) is 0.0833. The summed E-state index contributed by atoms with van der Waals surface area (Å²) in [6.07, 6.45) is 1.77. The molecule has 0 saturated carbocycles. The first-order chi connectivity index (χ1) is 8.00. The van der Waals surface area contributed by atoms with Crippen molar-refractivity contribution in [2.24, 2.45) is 0 Å². The van der Waals surface area contributed by atoms with Crippen LogP contribution in [0, 0.1) is 0 Å². The molecule has 0 aliphatic carbocycles. The quantitative estimate of drug-likeness (QED) is 0.727. The van der Waals surface area contributed by atoms with E-state index >= 15 is 0 Å². The number of nitrogens with zero attached hydrogens (tertiary/aromatic N) is 1. The first-order valence-electron chi connectivity index (χ1n) is 4.84. The van der Waals surface area contributed by atoms with Crippen molar-refractivity contribution in [3.8, 4) is 5.69 Å². The highest BCUT2D eigenvalue weighted by Gasteiger charge is 2.15. The Morgan fingerprint density at radius 2 is 1.88 bits per heavy atom. The second-order valence-electron chi connectivity index (χ2n) is 3.54. The average Bonchev–Trinajstić information content (AvgIpc) is 2.60. The van der Waals surface area contributed by atoms with Crippen molar-refractivity contribution in [3.05, 3.63) is 50.7 Å². The van der Waals surface area contributed by atoms with Crippen molar-refractivity contribution in [1.29, 1.82) is 0 Å². The van der Waals surface area contributed by atoms with Gasteiger partial charge in [-0.15, -0.1) is 0 Å². The van der Waals surface area contributed by atoms with Crippen molar-refractivity contribution in [1.82, 2.24) is 4.57 Å². The summed E-state index contributed by atoms with van der Waals surface area (Å²) in [7, 11) is 0. The second-order valence-corrected chi connectivity index (χ2v) is 5.27. The van der Waals surface area contributed by atoms with Crippen LogP contribution in [0.5, 0.6) is 0 Å². The largest absolute Gasteiger partial charge is 0.310 e. The number of carbonyl (C=O) groups excluding carboxylic acids is 1. The van der Waals surface area contributed by atoms with Gasteiger partial charge < -0.3 is 4.57 Å². The fourth-order valence-electron chi connectivity index (χ4n) is 1.61. The topological polar surface area (TPSA) is 22.0 Å². The molecule has 0 spiro atoms. The van der Waals surface area contributed by atoms with Crippen molar-refractivity contribution in [3.63, 3.8) is 0 Å². The van der Waals surface area contributed by atoms with Crippen LogP contribution in [0.25, 0.3) is 5.69 Å². The standard InChI is InChI=1S/C12H8BrCl2NO/c1-7(17)11-5-8(13)6-16(11)12-9(14)3-2-4-10(12)15/h2-6H,1H3. The number of hydrogen-bond donors (Lipinski definition) is 0. The molecule has 0 N–H and O–H groups in total. The fourth-order valence-corrected chi connectivity index (χ4v) is 2.61. The molecule has 1 aromatic carbocycles. The van der Waals surface area contributed by atoms with E-state index in [2.05, 4.69) is 15.9 Å². The Morgan fingerprint density at radius 3 is 2.41 bits per heavy atom. The van der Waals surface area contributed by atoms with Crippen LogP contribution in [0.15, 0.2) is 34.9 Å². The van der Waals surface area contributed by atoms with Gasteiger partial charge in [-0.05, 0) is 34.1 Å². The van der Waals surface area contributed by atoms with Gasteiger partial charge in [0.05, 0.1) is 21.4 Å². The third-order valence-electron chi connectivity index (χ3n) is 2.33. The zero-order valence-corrected chi connectivity index (χ0v) is 12.0. The minimum Gasteiger partial charge on any atom is -0.310 e. The minimum absolute atomic E-state index is 0.0494. The number of Topliss-reactive ketones (excluding diaryl/α,β-unsaturated/α-hetero) is 1. The van der Waals surface area contributed by atoms with E-state index in [0.717, 1.165) is 4.47 Å². The SMILES string of the molecule is CC(=O)c1cc(Br)cn1-c1c(Cl)cccc1Cl. The Balaban J connectivity index is 2.72. The molecule has 0 unspecified atom stereocenters. The van der Waals surface area contributed by atoms with Gasteiger partial charge in [0.1, 0.15) is 0 Å². The number of aromatic nitrogens is 1. The molecule has 2 nitrogen and oxygen atoms in total. The minimum atomic E-state index is -0.0494. The van der Waals surface area contributed by atoms with Gasteiger partial charge in [0.15, 0.2) is 5.78 Å². The second kappa shape index (κ2) is 4.84. The van der Waals surface area contributed by atoms with Gasteiger partial charge in [0.25, 0.3) is 0 Å². The molecule has 0 radical (unpaired) electrons. The van der Waals surface area contributed by atoms with E-state index < -0.39 is 0 Å². The van der Waals surface area contributed by atoms with Gasteiger partial charge >= 0.3 is 0 Å². The molecule has 2 rings (SSSR count). The normalized spacial score (nSPS) is 10.6. The molecule has 0 aliphatic heterocycles. The summed E-state index contributed by atoms with van der Waals surface area (Å²) in [6.45, 7) is 1.50. The Hall–Kier alpha value is -0.770. The summed E-state index contributed by atoms with van der Waals surface area (Å²) in [5.74, 6) is -0.0494. The highest BCUT2D eigenvalue weighted by atomic mass is 79.9. The van der Waals surface area contributed by atoms with Crippen molar-refractivity contribution in [2.75, 3.05) is 0 Å². The Labute approximate surface area is 117 Å². The van der Waals surface area contributed by atoms with Crippen molar-refractivity contribution < 1.29 is 4.79 Å². The number of benzene rings is 1. The van der Waals surface area contributed by atoms with E-state index in [9.17, 15) is 4.79 Å². The van der Waals surface area contributed by atoms with E-state index in [1.165, 1.54) is 6.92 Å². The smallest absolute Gasteiger partial charge is 0.176 e. The number of ketones is 1. The molecule has 0 fully saturated rings. The molecular weight excluding hydrogens is 325 g/mol. The molecule has 0 atom stereocenters. The Kier molecular flexibility index (Phi) is 3.61. The third kappa shape index (κ3) is 2.41. The summed E-state index contributed by atoms with van der Waals surface area (Å²) < 4.78 is 2.50. The average molecular weight is 333 g/mol. The third-order valence-corrected chi connectivity index (χ3v) is 3.37. The lowest BCUT2D eigenvalue weighted by atomic mass is 10.2. The van der Waals surface area contributed by atoms with E-state index in [-0.39, 0.29) is 5.78 Å². The van der Waals surface area contributed by atoms with Gasteiger partial charge in [-0.2, -0.15) is 0 Å². The summed E-state index contributed by atoms with van der Waals surface area (Å²) in [4.78, 5) is 11.5. The number of rotatable bonds is 2. The highest BCUT2D eigenvalue weighted by molar-refractivity contribution is 9.10. The molecule has 0 aliphatic rings. The monoisotopic (exact) mass is 331 g/mol. The maximum atomic E-state index is 11.5.